The molecule has 2 aromatic rings. The Balaban J connectivity index is 1.96. The van der Waals surface area contributed by atoms with Crippen LogP contribution in [0.2, 0.25) is 0 Å². The highest BCUT2D eigenvalue weighted by Crippen LogP contribution is 2.10. The summed E-state index contributed by atoms with van der Waals surface area (Å²) in [6, 6.07) is 7.97. The summed E-state index contributed by atoms with van der Waals surface area (Å²) in [5.41, 5.74) is 1.30. The Kier molecular flexibility index (Phi) is 6.64. The maximum atomic E-state index is 12.3. The molecule has 1 heterocycles. The number of amides is 1. The van der Waals surface area contributed by atoms with Crippen molar-refractivity contribution in [3.05, 3.63) is 47.8 Å². The first-order valence-electron chi connectivity index (χ1n) is 8.33. The van der Waals surface area contributed by atoms with Crippen LogP contribution in [0.25, 0.3) is 0 Å². The van der Waals surface area contributed by atoms with Crippen molar-refractivity contribution >= 4 is 21.9 Å². The Bertz CT molecular complexity index is 849. The summed E-state index contributed by atoms with van der Waals surface area (Å²) in [7, 11) is -3.68. The highest BCUT2D eigenvalue weighted by Gasteiger charge is 2.14. The summed E-state index contributed by atoms with van der Waals surface area (Å²) >= 11 is 0. The molecule has 0 aliphatic carbocycles. The fraction of sp³-hybridized carbons (Fsp3) is 0.353. The number of rotatable bonds is 8. The van der Waals surface area contributed by atoms with Crippen LogP contribution >= 0.6 is 0 Å². The number of nitrogens with zero attached hydrogens (tertiary/aromatic N) is 3. The second-order valence-electron chi connectivity index (χ2n) is 5.61. The fourth-order valence-corrected chi connectivity index (χ4v) is 2.92. The number of benzene rings is 1. The third kappa shape index (κ3) is 5.24. The van der Waals surface area contributed by atoms with Gasteiger partial charge in [0.05, 0.1) is 4.90 Å². The van der Waals surface area contributed by atoms with E-state index in [0.29, 0.717) is 37.7 Å². The van der Waals surface area contributed by atoms with Crippen LogP contribution in [0.4, 0.5) is 5.95 Å². The van der Waals surface area contributed by atoms with Gasteiger partial charge in [-0.1, -0.05) is 12.1 Å². The zero-order valence-electron chi connectivity index (χ0n) is 14.8. The van der Waals surface area contributed by atoms with E-state index < -0.39 is 10.0 Å². The molecule has 0 fully saturated rings. The van der Waals surface area contributed by atoms with E-state index in [4.69, 9.17) is 5.14 Å². The summed E-state index contributed by atoms with van der Waals surface area (Å²) in [5.74, 6) is 0.253. The average molecular weight is 377 g/mol. The van der Waals surface area contributed by atoms with Crippen molar-refractivity contribution in [2.75, 3.05) is 25.0 Å². The minimum atomic E-state index is -3.68. The topological polar surface area (TPSA) is 118 Å². The summed E-state index contributed by atoms with van der Waals surface area (Å²) in [4.78, 5) is 22.5. The van der Waals surface area contributed by atoms with Gasteiger partial charge in [0.25, 0.3) is 5.91 Å². The minimum absolute atomic E-state index is 0.0835. The van der Waals surface area contributed by atoms with Crippen LogP contribution in [0.5, 0.6) is 0 Å². The number of nitrogens with two attached hydrogens (primary N) is 1. The van der Waals surface area contributed by atoms with Crippen molar-refractivity contribution < 1.29 is 13.2 Å². The minimum Gasteiger partial charge on any atom is -0.354 e. The van der Waals surface area contributed by atoms with Gasteiger partial charge in [0.15, 0.2) is 0 Å². The third-order valence-corrected chi connectivity index (χ3v) is 4.80. The summed E-state index contributed by atoms with van der Waals surface area (Å²) in [6.07, 6.45) is 2.19. The summed E-state index contributed by atoms with van der Waals surface area (Å²) in [5, 5.41) is 8.15. The molecule has 2 rings (SSSR count). The van der Waals surface area contributed by atoms with Gasteiger partial charge in [0.2, 0.25) is 16.0 Å². The largest absolute Gasteiger partial charge is 0.354 e. The van der Waals surface area contributed by atoms with Crippen LogP contribution in [0.15, 0.2) is 41.4 Å². The predicted octanol–water partition coefficient (Wildman–Crippen LogP) is 1.26. The molecule has 0 unspecified atom stereocenters. The van der Waals surface area contributed by atoms with Crippen molar-refractivity contribution in [2.45, 2.75) is 25.2 Å². The maximum Gasteiger partial charge on any atom is 0.272 e. The molecule has 1 aromatic heterocycles. The number of aromatic nitrogens is 2. The first-order chi connectivity index (χ1) is 12.3. The van der Waals surface area contributed by atoms with Gasteiger partial charge >= 0.3 is 0 Å². The van der Waals surface area contributed by atoms with Crippen LogP contribution in [0.3, 0.4) is 0 Å². The molecular weight excluding hydrogens is 354 g/mol. The zero-order valence-corrected chi connectivity index (χ0v) is 15.7. The first kappa shape index (κ1) is 19.8. The normalized spacial score (nSPS) is 11.2. The summed E-state index contributed by atoms with van der Waals surface area (Å²) in [6.45, 7) is 5.62. The van der Waals surface area contributed by atoms with Gasteiger partial charge in [-0.2, -0.15) is 0 Å². The molecule has 0 spiro atoms. The molecule has 0 radical (unpaired) electrons. The molecule has 9 heteroatoms. The van der Waals surface area contributed by atoms with E-state index in [1.165, 1.54) is 12.1 Å². The number of anilines is 1. The molecule has 3 N–H and O–H groups in total. The molecule has 26 heavy (non-hydrogen) atoms. The van der Waals surface area contributed by atoms with Gasteiger partial charge in [0, 0.05) is 25.8 Å². The van der Waals surface area contributed by atoms with E-state index >= 15 is 0 Å². The van der Waals surface area contributed by atoms with Gasteiger partial charge in [-0.3, -0.25) is 4.79 Å². The van der Waals surface area contributed by atoms with Crippen molar-refractivity contribution in [3.8, 4) is 0 Å². The Morgan fingerprint density at radius 2 is 1.81 bits per heavy atom. The van der Waals surface area contributed by atoms with Crippen LogP contribution < -0.4 is 10.5 Å². The Labute approximate surface area is 153 Å². The number of primary sulfonamides is 1. The van der Waals surface area contributed by atoms with Crippen molar-refractivity contribution in [1.82, 2.24) is 14.9 Å². The highest BCUT2D eigenvalue weighted by atomic mass is 32.2. The Morgan fingerprint density at radius 1 is 1.15 bits per heavy atom. The van der Waals surface area contributed by atoms with Crippen LogP contribution in [-0.4, -0.2) is 48.8 Å². The third-order valence-electron chi connectivity index (χ3n) is 3.87. The number of nitrogens with one attached hydrogen (secondary N) is 1. The molecule has 1 amide bonds. The number of carbonyl (C=O) groups excluding carboxylic acids is 1. The predicted molar refractivity (Wildman–Crippen MR) is 99.3 cm³/mol. The first-order valence-corrected chi connectivity index (χ1v) is 9.87. The molecule has 0 aliphatic heterocycles. The smallest absolute Gasteiger partial charge is 0.272 e. The molecule has 0 aliphatic rings. The van der Waals surface area contributed by atoms with E-state index in [-0.39, 0.29) is 10.8 Å². The van der Waals surface area contributed by atoms with Gasteiger partial charge < -0.3 is 10.2 Å². The quantitative estimate of drug-likeness (QED) is 0.715. The second kappa shape index (κ2) is 8.72. The number of carbonyl (C=O) groups is 1. The molecule has 0 atom stereocenters. The van der Waals surface area contributed by atoms with Gasteiger partial charge in [0.1, 0.15) is 5.69 Å². The van der Waals surface area contributed by atoms with Crippen LogP contribution in [-0.2, 0) is 16.4 Å². The van der Waals surface area contributed by atoms with E-state index in [1.54, 1.807) is 29.3 Å². The molecular formula is C17H23N5O3S. The molecule has 0 saturated heterocycles. The second-order valence-corrected chi connectivity index (χ2v) is 7.17. The lowest BCUT2D eigenvalue weighted by Crippen LogP contribution is -2.31. The Morgan fingerprint density at radius 3 is 2.38 bits per heavy atom. The standard InChI is InChI=1S/C17H23N5O3S/c1-3-22(4-2)16(23)15-10-12-20-17(21-15)19-11-9-13-5-7-14(8-6-13)26(18,24)25/h5-8,10,12H,3-4,9,11H2,1-2H3,(H2,18,24,25)(H,19,20,21). The Hall–Kier alpha value is -2.52. The lowest BCUT2D eigenvalue weighted by Gasteiger charge is -2.18. The SMILES string of the molecule is CCN(CC)C(=O)c1ccnc(NCCc2ccc(S(N)(=O)=O)cc2)n1. The van der Waals surface area contributed by atoms with Crippen molar-refractivity contribution in [3.63, 3.8) is 0 Å². The molecule has 0 saturated carbocycles. The molecule has 0 bridgehead atoms. The average Bonchev–Trinajstić information content (AvgIpc) is 2.62. The van der Waals surface area contributed by atoms with Crippen LogP contribution in [0, 0.1) is 0 Å². The molecule has 1 aromatic carbocycles. The summed E-state index contributed by atoms with van der Waals surface area (Å²) < 4.78 is 22.5. The number of sulfonamides is 1. The van der Waals surface area contributed by atoms with Crippen molar-refractivity contribution in [1.29, 1.82) is 0 Å². The number of hydrogen-bond acceptors (Lipinski definition) is 6. The zero-order chi connectivity index (χ0) is 19.2. The molecule has 8 nitrogen and oxygen atoms in total. The van der Waals surface area contributed by atoms with E-state index in [9.17, 15) is 13.2 Å². The lowest BCUT2D eigenvalue weighted by atomic mass is 10.1. The van der Waals surface area contributed by atoms with E-state index in [0.717, 1.165) is 5.56 Å². The monoisotopic (exact) mass is 377 g/mol. The molecule has 140 valence electrons. The van der Waals surface area contributed by atoms with Crippen molar-refractivity contribution in [2.24, 2.45) is 5.14 Å². The highest BCUT2D eigenvalue weighted by molar-refractivity contribution is 7.89. The van der Waals surface area contributed by atoms with Crippen LogP contribution in [0.1, 0.15) is 29.9 Å². The van der Waals surface area contributed by atoms with E-state index in [2.05, 4.69) is 15.3 Å². The number of hydrogen-bond donors (Lipinski definition) is 2. The lowest BCUT2D eigenvalue weighted by molar-refractivity contribution is 0.0767. The van der Waals surface area contributed by atoms with Gasteiger partial charge in [-0.05, 0) is 44.0 Å². The van der Waals surface area contributed by atoms with E-state index in [1.807, 2.05) is 13.8 Å². The van der Waals surface area contributed by atoms with Gasteiger partial charge in [-0.15, -0.1) is 0 Å². The van der Waals surface area contributed by atoms with Gasteiger partial charge in [-0.25, -0.2) is 23.5 Å². The maximum absolute atomic E-state index is 12.3. The fourth-order valence-electron chi connectivity index (χ4n) is 2.40.